The molecule has 2 N–H and O–H groups in total. The highest BCUT2D eigenvalue weighted by Crippen LogP contribution is 2.36. The van der Waals surface area contributed by atoms with Crippen LogP contribution in [0.4, 0.5) is 0 Å². The Labute approximate surface area is 114 Å². The molecule has 1 aliphatic carbocycles. The Hall–Kier alpha value is -0.0800. The normalized spacial score (nSPS) is 29.8. The van der Waals surface area contributed by atoms with Gasteiger partial charge in [-0.15, -0.1) is 0 Å². The fourth-order valence-electron chi connectivity index (χ4n) is 3.15. The van der Waals surface area contributed by atoms with Crippen LogP contribution in [-0.2, 0) is 0 Å². The first-order valence-corrected chi connectivity index (χ1v) is 7.78. The van der Waals surface area contributed by atoms with Crippen LogP contribution in [0.3, 0.4) is 0 Å². The summed E-state index contributed by atoms with van der Waals surface area (Å²) in [6.45, 7) is 14.8. The van der Waals surface area contributed by atoms with Gasteiger partial charge in [0, 0.05) is 12.1 Å². The SMILES string of the molecule is CCN(CCC(C)(C)C)C1(CN)CCC(C)CC1. The molecule has 0 aromatic rings. The summed E-state index contributed by atoms with van der Waals surface area (Å²) in [4.78, 5) is 2.67. The van der Waals surface area contributed by atoms with Gasteiger partial charge in [-0.2, -0.15) is 0 Å². The molecule has 18 heavy (non-hydrogen) atoms. The number of nitrogens with two attached hydrogens (primary N) is 1. The molecule has 0 bridgehead atoms. The van der Waals surface area contributed by atoms with Crippen LogP contribution in [0, 0.1) is 11.3 Å². The Morgan fingerprint density at radius 3 is 2.17 bits per heavy atom. The maximum absolute atomic E-state index is 6.16. The van der Waals surface area contributed by atoms with Crippen LogP contribution in [0.5, 0.6) is 0 Å². The van der Waals surface area contributed by atoms with Crippen LogP contribution in [0.1, 0.15) is 66.7 Å². The van der Waals surface area contributed by atoms with Gasteiger partial charge < -0.3 is 5.73 Å². The molecule has 0 amide bonds. The van der Waals surface area contributed by atoms with Gasteiger partial charge in [0.05, 0.1) is 0 Å². The zero-order chi connectivity index (χ0) is 13.8. The summed E-state index contributed by atoms with van der Waals surface area (Å²) in [6.07, 6.45) is 6.55. The molecule has 108 valence electrons. The fourth-order valence-corrected chi connectivity index (χ4v) is 3.15. The lowest BCUT2D eigenvalue weighted by Gasteiger charge is -2.47. The molecule has 1 aliphatic rings. The second-order valence-electron chi connectivity index (χ2n) is 7.50. The molecule has 0 unspecified atom stereocenters. The van der Waals surface area contributed by atoms with Crippen molar-refractivity contribution >= 4 is 0 Å². The first-order chi connectivity index (χ1) is 8.33. The first-order valence-electron chi connectivity index (χ1n) is 7.78. The van der Waals surface area contributed by atoms with Gasteiger partial charge in [0.25, 0.3) is 0 Å². The minimum atomic E-state index is 0.298. The molecule has 0 aromatic carbocycles. The Morgan fingerprint density at radius 1 is 1.22 bits per heavy atom. The van der Waals surface area contributed by atoms with E-state index in [0.717, 1.165) is 19.0 Å². The van der Waals surface area contributed by atoms with E-state index < -0.39 is 0 Å². The van der Waals surface area contributed by atoms with Crippen LogP contribution < -0.4 is 5.73 Å². The lowest BCUT2D eigenvalue weighted by Crippen LogP contribution is -2.56. The maximum atomic E-state index is 6.16. The molecule has 0 spiro atoms. The van der Waals surface area contributed by atoms with Gasteiger partial charge in [0.1, 0.15) is 0 Å². The van der Waals surface area contributed by atoms with E-state index in [1.807, 2.05) is 0 Å². The van der Waals surface area contributed by atoms with Gasteiger partial charge in [-0.1, -0.05) is 34.6 Å². The number of nitrogens with zero attached hydrogens (tertiary/aromatic N) is 1. The molecule has 1 fully saturated rings. The molecule has 0 aromatic heterocycles. The lowest BCUT2D eigenvalue weighted by molar-refractivity contribution is 0.0407. The van der Waals surface area contributed by atoms with E-state index >= 15 is 0 Å². The molecule has 1 rings (SSSR count). The molecule has 0 heterocycles. The van der Waals surface area contributed by atoms with Crippen LogP contribution >= 0.6 is 0 Å². The van der Waals surface area contributed by atoms with Gasteiger partial charge in [0.15, 0.2) is 0 Å². The molecular weight excluding hydrogens is 220 g/mol. The number of hydrogen-bond donors (Lipinski definition) is 1. The molecule has 1 saturated carbocycles. The fraction of sp³-hybridized carbons (Fsp3) is 1.00. The third-order valence-corrected chi connectivity index (χ3v) is 4.77. The predicted octanol–water partition coefficient (Wildman–Crippen LogP) is 3.65. The Kier molecular flexibility index (Phi) is 5.67. The Bertz CT molecular complexity index is 234. The van der Waals surface area contributed by atoms with Crippen LogP contribution in [0.2, 0.25) is 0 Å². The van der Waals surface area contributed by atoms with E-state index in [2.05, 4.69) is 39.5 Å². The van der Waals surface area contributed by atoms with Crippen molar-refractivity contribution in [3.63, 3.8) is 0 Å². The minimum Gasteiger partial charge on any atom is -0.329 e. The van der Waals surface area contributed by atoms with Gasteiger partial charge in [-0.05, 0) is 56.5 Å². The zero-order valence-electron chi connectivity index (χ0n) is 13.3. The topological polar surface area (TPSA) is 29.3 Å². The van der Waals surface area contributed by atoms with E-state index in [1.165, 1.54) is 38.6 Å². The van der Waals surface area contributed by atoms with Gasteiger partial charge in [-0.3, -0.25) is 4.90 Å². The molecular formula is C16H34N2. The zero-order valence-corrected chi connectivity index (χ0v) is 13.3. The molecule has 0 saturated heterocycles. The standard InChI is InChI=1S/C16H34N2/c1-6-18(12-11-15(3,4)5)16(13-17)9-7-14(2)8-10-16/h14H,6-13,17H2,1-5H3. The van der Waals surface area contributed by atoms with E-state index in [9.17, 15) is 0 Å². The van der Waals surface area contributed by atoms with Crippen LogP contribution in [0.15, 0.2) is 0 Å². The Morgan fingerprint density at radius 2 is 1.78 bits per heavy atom. The van der Waals surface area contributed by atoms with Crippen molar-refractivity contribution in [3.05, 3.63) is 0 Å². The molecule has 2 heteroatoms. The summed E-state index contributed by atoms with van der Waals surface area (Å²) in [5.41, 5.74) is 6.88. The van der Waals surface area contributed by atoms with Crippen molar-refractivity contribution in [2.24, 2.45) is 17.1 Å². The highest BCUT2D eigenvalue weighted by Gasteiger charge is 2.37. The second kappa shape index (κ2) is 6.38. The summed E-state index contributed by atoms with van der Waals surface area (Å²) in [7, 11) is 0. The van der Waals surface area contributed by atoms with E-state index in [4.69, 9.17) is 5.73 Å². The number of hydrogen-bond acceptors (Lipinski definition) is 2. The smallest absolute Gasteiger partial charge is 0.0331 e. The molecule has 0 aliphatic heterocycles. The largest absolute Gasteiger partial charge is 0.329 e. The van der Waals surface area contributed by atoms with Crippen molar-refractivity contribution in [1.29, 1.82) is 0 Å². The quantitative estimate of drug-likeness (QED) is 0.811. The van der Waals surface area contributed by atoms with Gasteiger partial charge in [-0.25, -0.2) is 0 Å². The van der Waals surface area contributed by atoms with E-state index in [1.54, 1.807) is 0 Å². The van der Waals surface area contributed by atoms with Crippen molar-refractivity contribution in [2.45, 2.75) is 72.3 Å². The van der Waals surface area contributed by atoms with Gasteiger partial charge >= 0.3 is 0 Å². The van der Waals surface area contributed by atoms with Crippen LogP contribution in [0.25, 0.3) is 0 Å². The van der Waals surface area contributed by atoms with E-state index in [-0.39, 0.29) is 0 Å². The third-order valence-electron chi connectivity index (χ3n) is 4.77. The number of rotatable bonds is 5. The summed E-state index contributed by atoms with van der Waals surface area (Å²) in [6, 6.07) is 0. The maximum Gasteiger partial charge on any atom is 0.0331 e. The monoisotopic (exact) mass is 254 g/mol. The second-order valence-corrected chi connectivity index (χ2v) is 7.50. The van der Waals surface area contributed by atoms with Crippen molar-refractivity contribution < 1.29 is 0 Å². The van der Waals surface area contributed by atoms with Crippen molar-refractivity contribution in [1.82, 2.24) is 4.90 Å². The van der Waals surface area contributed by atoms with Crippen molar-refractivity contribution in [2.75, 3.05) is 19.6 Å². The summed E-state index contributed by atoms with van der Waals surface area (Å²) >= 11 is 0. The third kappa shape index (κ3) is 4.24. The minimum absolute atomic E-state index is 0.298. The molecule has 0 atom stereocenters. The van der Waals surface area contributed by atoms with E-state index in [0.29, 0.717) is 11.0 Å². The summed E-state index contributed by atoms with van der Waals surface area (Å²) in [5, 5.41) is 0. The first kappa shape index (κ1) is 16.0. The highest BCUT2D eigenvalue weighted by atomic mass is 15.2. The average Bonchev–Trinajstić information content (AvgIpc) is 2.31. The number of likely N-dealkylation sites (N-methyl/N-ethyl adjacent to an activating group) is 1. The predicted molar refractivity (Wildman–Crippen MR) is 80.7 cm³/mol. The highest BCUT2D eigenvalue weighted by molar-refractivity contribution is 4.95. The molecule has 2 nitrogen and oxygen atoms in total. The van der Waals surface area contributed by atoms with Crippen LogP contribution in [-0.4, -0.2) is 30.1 Å². The van der Waals surface area contributed by atoms with Crippen molar-refractivity contribution in [3.8, 4) is 0 Å². The lowest BCUT2D eigenvalue weighted by atomic mass is 9.75. The summed E-state index contributed by atoms with van der Waals surface area (Å²) < 4.78 is 0. The molecule has 0 radical (unpaired) electrons. The Balaban J connectivity index is 2.65. The van der Waals surface area contributed by atoms with Gasteiger partial charge in [0.2, 0.25) is 0 Å². The summed E-state index contributed by atoms with van der Waals surface area (Å²) in [5.74, 6) is 0.894. The average molecular weight is 254 g/mol.